The summed E-state index contributed by atoms with van der Waals surface area (Å²) in [5.41, 5.74) is 2.77. The maximum absolute atomic E-state index is 12.5. The van der Waals surface area contributed by atoms with Crippen molar-refractivity contribution in [1.82, 2.24) is 0 Å². The summed E-state index contributed by atoms with van der Waals surface area (Å²) in [7, 11) is 0. The van der Waals surface area contributed by atoms with Gasteiger partial charge in [0.1, 0.15) is 0 Å². The standard InChI is InChI=1S/C17H17NOS/c1-17(2,3)18-13-9-5-4-8-12(13)16(19)20-15-11-7-6-10-14(15)18/h4-11H,1-3H3. The van der Waals surface area contributed by atoms with Gasteiger partial charge >= 0.3 is 0 Å². The number of benzene rings is 2. The fourth-order valence-electron chi connectivity index (χ4n) is 2.58. The smallest absolute Gasteiger partial charge is 0.226 e. The van der Waals surface area contributed by atoms with Crippen LogP contribution >= 0.6 is 11.8 Å². The third kappa shape index (κ3) is 2.12. The van der Waals surface area contributed by atoms with E-state index in [1.54, 1.807) is 0 Å². The number of para-hydroxylation sites is 2. The van der Waals surface area contributed by atoms with Crippen LogP contribution in [0.5, 0.6) is 0 Å². The van der Waals surface area contributed by atoms with Crippen LogP contribution in [-0.2, 0) is 0 Å². The molecule has 0 amide bonds. The lowest BCUT2D eigenvalue weighted by molar-refractivity contribution is 0.108. The molecule has 0 N–H and O–H groups in total. The van der Waals surface area contributed by atoms with Crippen molar-refractivity contribution in [2.45, 2.75) is 31.2 Å². The Morgan fingerprint density at radius 1 is 0.900 bits per heavy atom. The monoisotopic (exact) mass is 283 g/mol. The molecule has 0 bridgehead atoms. The van der Waals surface area contributed by atoms with Crippen molar-refractivity contribution >= 4 is 28.3 Å². The molecule has 1 aliphatic heterocycles. The minimum Gasteiger partial charge on any atom is -0.335 e. The highest BCUT2D eigenvalue weighted by atomic mass is 32.2. The first kappa shape index (κ1) is 13.3. The molecule has 2 aromatic carbocycles. The van der Waals surface area contributed by atoms with Gasteiger partial charge in [0.2, 0.25) is 5.12 Å². The van der Waals surface area contributed by atoms with Gasteiger partial charge in [0.25, 0.3) is 0 Å². The van der Waals surface area contributed by atoms with Crippen LogP contribution in [-0.4, -0.2) is 10.7 Å². The van der Waals surface area contributed by atoms with Gasteiger partial charge in [-0.25, -0.2) is 0 Å². The zero-order valence-corrected chi connectivity index (χ0v) is 12.7. The number of fused-ring (bicyclic) bond motifs is 2. The van der Waals surface area contributed by atoms with Crippen LogP contribution in [0.15, 0.2) is 53.4 Å². The summed E-state index contributed by atoms with van der Waals surface area (Å²) in [6.45, 7) is 6.50. The minimum absolute atomic E-state index is 0.0998. The van der Waals surface area contributed by atoms with Crippen molar-refractivity contribution in [1.29, 1.82) is 0 Å². The van der Waals surface area contributed by atoms with Crippen LogP contribution < -0.4 is 4.90 Å². The molecule has 2 aromatic rings. The van der Waals surface area contributed by atoms with Crippen molar-refractivity contribution in [3.05, 3.63) is 54.1 Å². The highest BCUT2D eigenvalue weighted by Gasteiger charge is 2.32. The molecule has 0 saturated heterocycles. The Morgan fingerprint density at radius 3 is 2.20 bits per heavy atom. The van der Waals surface area contributed by atoms with E-state index >= 15 is 0 Å². The third-order valence-corrected chi connectivity index (χ3v) is 4.31. The molecule has 0 aromatic heterocycles. The lowest BCUT2D eigenvalue weighted by Gasteiger charge is -2.38. The van der Waals surface area contributed by atoms with E-state index in [0.29, 0.717) is 0 Å². The molecule has 0 fully saturated rings. The molecular formula is C17H17NOS. The Balaban J connectivity index is 2.32. The second-order valence-corrected chi connectivity index (χ2v) is 6.90. The first-order valence-electron chi connectivity index (χ1n) is 6.69. The average molecular weight is 283 g/mol. The summed E-state index contributed by atoms with van der Waals surface area (Å²) < 4.78 is 0. The maximum atomic E-state index is 12.5. The van der Waals surface area contributed by atoms with E-state index in [0.717, 1.165) is 21.8 Å². The first-order chi connectivity index (χ1) is 9.48. The topological polar surface area (TPSA) is 20.3 Å². The van der Waals surface area contributed by atoms with Crippen LogP contribution in [0.4, 0.5) is 11.4 Å². The van der Waals surface area contributed by atoms with Crippen LogP contribution in [0.1, 0.15) is 31.1 Å². The Labute approximate surface area is 123 Å². The summed E-state index contributed by atoms with van der Waals surface area (Å²) >= 11 is 1.31. The van der Waals surface area contributed by atoms with Gasteiger partial charge in [-0.05, 0) is 56.8 Å². The van der Waals surface area contributed by atoms with Gasteiger partial charge in [-0.15, -0.1) is 0 Å². The average Bonchev–Trinajstić information content (AvgIpc) is 2.52. The summed E-state index contributed by atoms with van der Waals surface area (Å²) in [5.74, 6) is 0. The SMILES string of the molecule is CC(C)(C)N1c2ccccc2SC(=O)c2ccccc21. The lowest BCUT2D eigenvalue weighted by atomic mass is 10.0. The van der Waals surface area contributed by atoms with E-state index in [1.807, 2.05) is 42.5 Å². The molecule has 1 heterocycles. The number of carbonyl (C=O) groups excluding carboxylic acids is 1. The number of carbonyl (C=O) groups is 1. The zero-order chi connectivity index (χ0) is 14.3. The van der Waals surface area contributed by atoms with E-state index in [4.69, 9.17) is 0 Å². The normalized spacial score (nSPS) is 14.6. The van der Waals surface area contributed by atoms with E-state index in [9.17, 15) is 4.79 Å². The second kappa shape index (κ2) is 4.67. The highest BCUT2D eigenvalue weighted by Crippen LogP contribution is 2.45. The van der Waals surface area contributed by atoms with Crippen molar-refractivity contribution < 1.29 is 4.79 Å². The maximum Gasteiger partial charge on any atom is 0.226 e. The van der Waals surface area contributed by atoms with Gasteiger partial charge in [0.05, 0.1) is 16.9 Å². The molecule has 2 nitrogen and oxygen atoms in total. The predicted octanol–water partition coefficient (Wildman–Crippen LogP) is 4.87. The Morgan fingerprint density at radius 2 is 1.50 bits per heavy atom. The van der Waals surface area contributed by atoms with Crippen molar-refractivity contribution in [3.63, 3.8) is 0 Å². The Hall–Kier alpha value is -1.74. The Bertz CT molecular complexity index is 673. The third-order valence-electron chi connectivity index (χ3n) is 3.34. The Kier molecular flexibility index (Phi) is 3.09. The largest absolute Gasteiger partial charge is 0.335 e. The number of rotatable bonds is 0. The number of thioether (sulfide) groups is 1. The first-order valence-corrected chi connectivity index (χ1v) is 7.50. The van der Waals surface area contributed by atoms with Gasteiger partial charge in [-0.2, -0.15) is 0 Å². The molecule has 3 heteroatoms. The van der Waals surface area contributed by atoms with Crippen LogP contribution in [0.25, 0.3) is 0 Å². The molecule has 0 saturated carbocycles. The fourth-order valence-corrected chi connectivity index (χ4v) is 3.47. The number of hydrogen-bond donors (Lipinski definition) is 0. The van der Waals surface area contributed by atoms with Crippen LogP contribution in [0, 0.1) is 0 Å². The van der Waals surface area contributed by atoms with Crippen molar-refractivity contribution in [2.75, 3.05) is 4.90 Å². The fraction of sp³-hybridized carbons (Fsp3) is 0.235. The second-order valence-electron chi connectivity index (χ2n) is 5.88. The minimum atomic E-state index is -0.0998. The lowest BCUT2D eigenvalue weighted by Crippen LogP contribution is -2.38. The molecule has 0 spiro atoms. The number of anilines is 2. The van der Waals surface area contributed by atoms with Crippen LogP contribution in [0.2, 0.25) is 0 Å². The van der Waals surface area contributed by atoms with E-state index in [-0.39, 0.29) is 10.7 Å². The van der Waals surface area contributed by atoms with Gasteiger partial charge in [-0.3, -0.25) is 4.79 Å². The summed E-state index contributed by atoms with van der Waals surface area (Å²) in [6, 6.07) is 16.0. The van der Waals surface area contributed by atoms with E-state index in [2.05, 4.69) is 31.7 Å². The highest BCUT2D eigenvalue weighted by molar-refractivity contribution is 8.14. The quantitative estimate of drug-likeness (QED) is 0.688. The zero-order valence-electron chi connectivity index (χ0n) is 11.9. The summed E-state index contributed by atoms with van der Waals surface area (Å²) in [4.78, 5) is 15.8. The molecule has 0 atom stereocenters. The molecule has 1 aliphatic rings. The van der Waals surface area contributed by atoms with E-state index < -0.39 is 0 Å². The number of hydrogen-bond acceptors (Lipinski definition) is 3. The van der Waals surface area contributed by atoms with Crippen LogP contribution in [0.3, 0.4) is 0 Å². The van der Waals surface area contributed by atoms with Gasteiger partial charge in [0.15, 0.2) is 0 Å². The molecule has 3 rings (SSSR count). The van der Waals surface area contributed by atoms with Gasteiger partial charge in [-0.1, -0.05) is 24.3 Å². The van der Waals surface area contributed by atoms with Gasteiger partial charge < -0.3 is 4.90 Å². The summed E-state index contributed by atoms with van der Waals surface area (Å²) in [6.07, 6.45) is 0. The van der Waals surface area contributed by atoms with Crippen molar-refractivity contribution in [3.8, 4) is 0 Å². The van der Waals surface area contributed by atoms with E-state index in [1.165, 1.54) is 11.8 Å². The van der Waals surface area contributed by atoms with Gasteiger partial charge in [0, 0.05) is 10.4 Å². The molecule has 0 aliphatic carbocycles. The molecular weight excluding hydrogens is 266 g/mol. The predicted molar refractivity (Wildman–Crippen MR) is 85.0 cm³/mol. The summed E-state index contributed by atoms with van der Waals surface area (Å²) in [5, 5.41) is 0.111. The van der Waals surface area contributed by atoms with Crippen molar-refractivity contribution in [2.24, 2.45) is 0 Å². The number of nitrogens with zero attached hydrogens (tertiary/aromatic N) is 1. The molecule has 102 valence electrons. The molecule has 20 heavy (non-hydrogen) atoms. The molecule has 0 unspecified atom stereocenters. The molecule has 0 radical (unpaired) electrons.